The topological polar surface area (TPSA) is 43.3 Å². The van der Waals surface area contributed by atoms with Gasteiger partial charge >= 0.3 is 0 Å². The Morgan fingerprint density at radius 2 is 2.00 bits per heavy atom. The van der Waals surface area contributed by atoms with Crippen molar-refractivity contribution in [3.8, 4) is 11.3 Å². The number of fused-ring (bicyclic) bond motifs is 3. The van der Waals surface area contributed by atoms with E-state index in [0.717, 1.165) is 28.4 Å². The van der Waals surface area contributed by atoms with Gasteiger partial charge in [-0.15, -0.1) is 22.7 Å². The van der Waals surface area contributed by atoms with Gasteiger partial charge in [0.15, 0.2) is 0 Å². The van der Waals surface area contributed by atoms with Crippen LogP contribution in [-0.4, -0.2) is 9.38 Å². The van der Waals surface area contributed by atoms with Crippen LogP contribution in [0.4, 0.5) is 5.82 Å². The van der Waals surface area contributed by atoms with Gasteiger partial charge in [-0.3, -0.25) is 4.40 Å². The zero-order chi connectivity index (χ0) is 14.7. The fourth-order valence-corrected chi connectivity index (χ4v) is 4.71. The van der Waals surface area contributed by atoms with E-state index in [1.165, 1.54) is 19.8 Å². The summed E-state index contributed by atoms with van der Waals surface area (Å²) in [5.41, 5.74) is 10.6. The molecule has 4 aromatic rings. The molecule has 3 nitrogen and oxygen atoms in total. The van der Waals surface area contributed by atoms with Gasteiger partial charge < -0.3 is 5.73 Å². The summed E-state index contributed by atoms with van der Waals surface area (Å²) in [6.45, 7) is 6.33. The molecule has 0 atom stereocenters. The minimum Gasteiger partial charge on any atom is -0.383 e. The Kier molecular flexibility index (Phi) is 2.65. The molecule has 0 aliphatic rings. The summed E-state index contributed by atoms with van der Waals surface area (Å²) in [4.78, 5) is 7.42. The van der Waals surface area contributed by atoms with Gasteiger partial charge in [0.25, 0.3) is 0 Å². The minimum absolute atomic E-state index is 0.733. The van der Waals surface area contributed by atoms with Crippen molar-refractivity contribution >= 4 is 44.2 Å². The monoisotopic (exact) mass is 313 g/mol. The van der Waals surface area contributed by atoms with Crippen molar-refractivity contribution in [3.05, 3.63) is 39.0 Å². The van der Waals surface area contributed by atoms with Crippen molar-refractivity contribution in [1.82, 2.24) is 9.38 Å². The van der Waals surface area contributed by atoms with Crippen LogP contribution in [0.15, 0.2) is 23.6 Å². The van der Waals surface area contributed by atoms with E-state index in [4.69, 9.17) is 10.7 Å². The first-order valence-electron chi connectivity index (χ1n) is 6.78. The summed E-state index contributed by atoms with van der Waals surface area (Å²) in [7, 11) is 0. The third-order valence-corrected chi connectivity index (χ3v) is 5.67. The summed E-state index contributed by atoms with van der Waals surface area (Å²) in [5, 5.41) is 3.28. The van der Waals surface area contributed by atoms with Crippen molar-refractivity contribution in [3.63, 3.8) is 0 Å². The molecule has 0 saturated carbocycles. The summed E-state index contributed by atoms with van der Waals surface area (Å²) in [6, 6.07) is 6.48. The zero-order valence-electron chi connectivity index (χ0n) is 12.1. The van der Waals surface area contributed by atoms with Gasteiger partial charge in [0.05, 0.1) is 0 Å². The van der Waals surface area contributed by atoms with E-state index in [-0.39, 0.29) is 0 Å². The molecule has 4 heterocycles. The van der Waals surface area contributed by atoms with Crippen molar-refractivity contribution in [2.75, 3.05) is 5.73 Å². The number of hydrogen-bond acceptors (Lipinski definition) is 4. The smallest absolute Gasteiger partial charge is 0.148 e. The molecule has 0 aliphatic heterocycles. The molecule has 0 fully saturated rings. The third kappa shape index (κ3) is 1.74. The maximum Gasteiger partial charge on any atom is 0.148 e. The minimum atomic E-state index is 0.733. The first-order chi connectivity index (χ1) is 10.1. The molecule has 4 rings (SSSR count). The first-order valence-corrected chi connectivity index (χ1v) is 8.48. The maximum atomic E-state index is 6.42. The third-order valence-electron chi connectivity index (χ3n) is 3.84. The largest absolute Gasteiger partial charge is 0.383 e. The predicted molar refractivity (Wildman–Crippen MR) is 92.5 cm³/mol. The van der Waals surface area contributed by atoms with E-state index in [1.807, 2.05) is 0 Å². The number of imidazole rings is 1. The highest BCUT2D eigenvalue weighted by Crippen LogP contribution is 2.37. The number of aryl methyl sites for hydroxylation is 3. The molecular weight excluding hydrogens is 298 g/mol. The Balaban J connectivity index is 2.14. The number of hydrogen-bond donors (Lipinski definition) is 1. The predicted octanol–water partition coefficient (Wildman–Crippen LogP) is 4.78. The van der Waals surface area contributed by atoms with Crippen LogP contribution < -0.4 is 5.73 Å². The van der Waals surface area contributed by atoms with Crippen molar-refractivity contribution in [2.24, 2.45) is 0 Å². The highest BCUT2D eigenvalue weighted by atomic mass is 32.1. The van der Waals surface area contributed by atoms with Gasteiger partial charge in [-0.05, 0) is 44.4 Å². The molecule has 0 radical (unpaired) electrons. The molecule has 21 heavy (non-hydrogen) atoms. The summed E-state index contributed by atoms with van der Waals surface area (Å²) in [6.07, 6.45) is 0. The average Bonchev–Trinajstić information content (AvgIpc) is 3.08. The second-order valence-corrected chi connectivity index (χ2v) is 7.72. The SMILES string of the molecule is Cc1cc(-c2nc3c4ccsc4cc(C)n3c2N)c(C)s1. The Hall–Kier alpha value is -1.85. The first kappa shape index (κ1) is 12.9. The Morgan fingerprint density at radius 1 is 1.19 bits per heavy atom. The average molecular weight is 313 g/mol. The van der Waals surface area contributed by atoms with Crippen LogP contribution in [0.3, 0.4) is 0 Å². The van der Waals surface area contributed by atoms with Crippen molar-refractivity contribution < 1.29 is 0 Å². The fourth-order valence-electron chi connectivity index (χ4n) is 2.91. The van der Waals surface area contributed by atoms with Crippen LogP contribution in [0.25, 0.3) is 27.0 Å². The Morgan fingerprint density at radius 3 is 2.71 bits per heavy atom. The van der Waals surface area contributed by atoms with Crippen molar-refractivity contribution in [2.45, 2.75) is 20.8 Å². The number of nitrogen functional groups attached to an aromatic ring is 1. The summed E-state index contributed by atoms with van der Waals surface area (Å²) in [5.74, 6) is 0.733. The van der Waals surface area contributed by atoms with E-state index < -0.39 is 0 Å². The lowest BCUT2D eigenvalue weighted by Crippen LogP contribution is -1.97. The number of rotatable bonds is 1. The molecule has 0 saturated heterocycles. The Labute approximate surface area is 130 Å². The number of nitrogens with zero attached hydrogens (tertiary/aromatic N) is 2. The van der Waals surface area contributed by atoms with E-state index in [9.17, 15) is 0 Å². The second kappa shape index (κ2) is 4.32. The van der Waals surface area contributed by atoms with Crippen LogP contribution in [0, 0.1) is 20.8 Å². The lowest BCUT2D eigenvalue weighted by Gasteiger charge is -2.03. The molecule has 2 N–H and O–H groups in total. The number of pyridine rings is 1. The lowest BCUT2D eigenvalue weighted by atomic mass is 10.2. The van der Waals surface area contributed by atoms with Crippen LogP contribution in [0.5, 0.6) is 0 Å². The van der Waals surface area contributed by atoms with Crippen LogP contribution in [-0.2, 0) is 0 Å². The van der Waals surface area contributed by atoms with Crippen LogP contribution >= 0.6 is 22.7 Å². The normalized spacial score (nSPS) is 11.8. The van der Waals surface area contributed by atoms with E-state index in [2.05, 4.69) is 48.8 Å². The molecule has 0 aromatic carbocycles. The fraction of sp³-hybridized carbons (Fsp3) is 0.188. The zero-order valence-corrected chi connectivity index (χ0v) is 13.7. The standard InChI is InChI=1S/C16H15N3S2/c1-8-6-13-11(4-5-20-13)16-18-14(15(17)19(8)16)12-7-9(2)21-10(12)3/h4-7H,17H2,1-3H3. The maximum absolute atomic E-state index is 6.42. The van der Waals surface area contributed by atoms with Crippen LogP contribution in [0.1, 0.15) is 15.4 Å². The molecule has 0 spiro atoms. The lowest BCUT2D eigenvalue weighted by molar-refractivity contribution is 1.12. The Bertz CT molecular complexity index is 988. The highest BCUT2D eigenvalue weighted by molar-refractivity contribution is 7.17. The molecule has 0 aliphatic carbocycles. The molecular formula is C16H15N3S2. The van der Waals surface area contributed by atoms with Gasteiger partial charge in [-0.1, -0.05) is 0 Å². The van der Waals surface area contributed by atoms with Gasteiger partial charge in [-0.2, -0.15) is 0 Å². The van der Waals surface area contributed by atoms with E-state index in [1.54, 1.807) is 22.7 Å². The quantitative estimate of drug-likeness (QED) is 0.549. The van der Waals surface area contributed by atoms with Gasteiger partial charge in [-0.25, -0.2) is 4.98 Å². The molecule has 106 valence electrons. The summed E-state index contributed by atoms with van der Waals surface area (Å²) < 4.78 is 3.33. The number of aromatic nitrogens is 2. The molecule has 0 amide bonds. The van der Waals surface area contributed by atoms with E-state index >= 15 is 0 Å². The van der Waals surface area contributed by atoms with Crippen molar-refractivity contribution in [1.29, 1.82) is 0 Å². The number of nitrogens with two attached hydrogens (primary N) is 1. The second-order valence-electron chi connectivity index (χ2n) is 5.32. The van der Waals surface area contributed by atoms with Gasteiger partial charge in [0.1, 0.15) is 17.2 Å². The van der Waals surface area contributed by atoms with Gasteiger partial charge in [0, 0.05) is 31.1 Å². The summed E-state index contributed by atoms with van der Waals surface area (Å²) >= 11 is 3.53. The highest BCUT2D eigenvalue weighted by Gasteiger charge is 2.18. The number of thiophene rings is 2. The van der Waals surface area contributed by atoms with E-state index in [0.29, 0.717) is 0 Å². The molecule has 0 bridgehead atoms. The number of anilines is 1. The molecule has 0 unspecified atom stereocenters. The van der Waals surface area contributed by atoms with Crippen LogP contribution in [0.2, 0.25) is 0 Å². The van der Waals surface area contributed by atoms with Gasteiger partial charge in [0.2, 0.25) is 0 Å². The molecule has 4 aromatic heterocycles. The molecule has 5 heteroatoms.